The first kappa shape index (κ1) is 20.7. The van der Waals surface area contributed by atoms with Crippen LogP contribution in [0.25, 0.3) is 6.08 Å². The van der Waals surface area contributed by atoms with Crippen LogP contribution in [0.5, 0.6) is 11.5 Å². The summed E-state index contributed by atoms with van der Waals surface area (Å²) in [5.41, 5.74) is 2.25. The van der Waals surface area contributed by atoms with E-state index < -0.39 is 11.9 Å². The normalized spacial score (nSPS) is 10.8. The van der Waals surface area contributed by atoms with Crippen LogP contribution in [0.3, 0.4) is 0 Å². The highest BCUT2D eigenvalue weighted by Gasteiger charge is 2.13. The van der Waals surface area contributed by atoms with Gasteiger partial charge in [0.1, 0.15) is 5.70 Å². The van der Waals surface area contributed by atoms with Crippen LogP contribution in [0, 0.1) is 6.92 Å². The second-order valence-corrected chi connectivity index (χ2v) is 6.07. The van der Waals surface area contributed by atoms with Crippen molar-refractivity contribution in [3.8, 4) is 11.5 Å². The van der Waals surface area contributed by atoms with E-state index in [9.17, 15) is 14.4 Å². The molecule has 0 atom stereocenters. The number of hydrogen-bond acceptors (Lipinski definition) is 5. The summed E-state index contributed by atoms with van der Waals surface area (Å²) in [4.78, 5) is 35.3. The first-order valence-electron chi connectivity index (χ1n) is 8.52. The molecule has 2 N–H and O–H groups in total. The zero-order valence-electron chi connectivity index (χ0n) is 16.2. The average Bonchev–Trinajstić information content (AvgIpc) is 2.61. The molecule has 0 heterocycles. The molecule has 0 aliphatic carbocycles. The van der Waals surface area contributed by atoms with Gasteiger partial charge in [-0.15, -0.1) is 0 Å². The minimum atomic E-state index is -0.474. The summed E-state index contributed by atoms with van der Waals surface area (Å²) in [5, 5.41) is 5.28. The molecule has 146 valence electrons. The third kappa shape index (κ3) is 5.98. The Morgan fingerprint density at radius 2 is 1.75 bits per heavy atom. The zero-order valence-corrected chi connectivity index (χ0v) is 16.2. The third-order valence-electron chi connectivity index (χ3n) is 3.58. The Morgan fingerprint density at radius 3 is 2.36 bits per heavy atom. The largest absolute Gasteiger partial charge is 0.493 e. The number of anilines is 1. The number of carbonyl (C=O) groups excluding carboxylic acids is 3. The highest BCUT2D eigenvalue weighted by atomic mass is 16.6. The number of hydrogen-bond donors (Lipinski definition) is 2. The standard InChI is InChI=1S/C21H22N2O5/c1-13-6-5-7-17(10-13)23-21(26)18(22-14(2)24)11-16-8-9-19(28-15(3)25)20(12-16)27-4/h5-12H,1-4H3,(H,22,24)(H,23,26)/b18-11-. The molecule has 0 spiro atoms. The van der Waals surface area contributed by atoms with Crippen molar-refractivity contribution >= 4 is 29.5 Å². The number of benzene rings is 2. The molecule has 7 heteroatoms. The first-order chi connectivity index (χ1) is 13.3. The van der Waals surface area contributed by atoms with Gasteiger partial charge in [-0.2, -0.15) is 0 Å². The van der Waals surface area contributed by atoms with Gasteiger partial charge in [0.15, 0.2) is 11.5 Å². The van der Waals surface area contributed by atoms with Crippen LogP contribution in [0.15, 0.2) is 48.2 Å². The van der Waals surface area contributed by atoms with Crippen molar-refractivity contribution in [3.63, 3.8) is 0 Å². The SMILES string of the molecule is COc1cc(/C=C(\NC(C)=O)C(=O)Nc2cccc(C)c2)ccc1OC(C)=O. The Balaban J connectivity index is 2.33. The summed E-state index contributed by atoms with van der Waals surface area (Å²) in [6.45, 7) is 4.52. The monoisotopic (exact) mass is 382 g/mol. The first-order valence-corrected chi connectivity index (χ1v) is 8.52. The van der Waals surface area contributed by atoms with E-state index in [2.05, 4.69) is 10.6 Å². The molecule has 2 aromatic rings. The molecule has 0 radical (unpaired) electrons. The lowest BCUT2D eigenvalue weighted by Gasteiger charge is -2.12. The van der Waals surface area contributed by atoms with Crippen molar-refractivity contribution in [2.75, 3.05) is 12.4 Å². The number of carbonyl (C=O) groups is 3. The van der Waals surface area contributed by atoms with E-state index in [1.54, 1.807) is 24.3 Å². The lowest BCUT2D eigenvalue weighted by atomic mass is 10.1. The molecule has 0 bridgehead atoms. The summed E-state index contributed by atoms with van der Waals surface area (Å²) < 4.78 is 10.3. The minimum absolute atomic E-state index is 0.0660. The van der Waals surface area contributed by atoms with E-state index in [1.807, 2.05) is 25.1 Å². The highest BCUT2D eigenvalue weighted by Crippen LogP contribution is 2.29. The lowest BCUT2D eigenvalue weighted by molar-refractivity contribution is -0.132. The van der Waals surface area contributed by atoms with Crippen molar-refractivity contribution in [3.05, 3.63) is 59.3 Å². The molecule has 0 aliphatic rings. The fourth-order valence-electron chi connectivity index (χ4n) is 2.45. The van der Waals surface area contributed by atoms with Crippen LogP contribution in [0.4, 0.5) is 5.69 Å². The van der Waals surface area contributed by atoms with Crippen LogP contribution in [0.2, 0.25) is 0 Å². The molecular weight excluding hydrogens is 360 g/mol. The topological polar surface area (TPSA) is 93.7 Å². The van der Waals surface area contributed by atoms with E-state index in [4.69, 9.17) is 9.47 Å². The Hall–Kier alpha value is -3.61. The molecule has 0 saturated carbocycles. The van der Waals surface area contributed by atoms with Crippen molar-refractivity contribution in [1.29, 1.82) is 0 Å². The van der Waals surface area contributed by atoms with Gasteiger partial charge < -0.3 is 20.1 Å². The van der Waals surface area contributed by atoms with Gasteiger partial charge in [-0.05, 0) is 48.4 Å². The number of aryl methyl sites for hydroxylation is 1. The fourth-order valence-corrected chi connectivity index (χ4v) is 2.45. The molecule has 0 aliphatic heterocycles. The van der Waals surface area contributed by atoms with Gasteiger partial charge in [-0.3, -0.25) is 14.4 Å². The van der Waals surface area contributed by atoms with Gasteiger partial charge >= 0.3 is 5.97 Å². The number of ether oxygens (including phenoxy) is 2. The average molecular weight is 382 g/mol. The van der Waals surface area contributed by atoms with Crippen LogP contribution in [-0.4, -0.2) is 24.9 Å². The Labute approximate surface area is 163 Å². The lowest BCUT2D eigenvalue weighted by Crippen LogP contribution is -2.28. The van der Waals surface area contributed by atoms with E-state index >= 15 is 0 Å². The molecule has 0 aromatic heterocycles. The van der Waals surface area contributed by atoms with Crippen LogP contribution < -0.4 is 20.1 Å². The maximum absolute atomic E-state index is 12.6. The zero-order chi connectivity index (χ0) is 20.7. The molecule has 2 rings (SSSR count). The number of amides is 2. The van der Waals surface area contributed by atoms with Gasteiger partial charge in [-0.1, -0.05) is 18.2 Å². The van der Waals surface area contributed by atoms with Crippen molar-refractivity contribution in [1.82, 2.24) is 5.32 Å². The third-order valence-corrected chi connectivity index (χ3v) is 3.58. The molecule has 7 nitrogen and oxygen atoms in total. The highest BCUT2D eigenvalue weighted by molar-refractivity contribution is 6.08. The van der Waals surface area contributed by atoms with Crippen LogP contribution in [0.1, 0.15) is 25.0 Å². The molecule has 0 saturated heterocycles. The second-order valence-electron chi connectivity index (χ2n) is 6.07. The van der Waals surface area contributed by atoms with E-state index in [1.165, 1.54) is 27.0 Å². The maximum Gasteiger partial charge on any atom is 0.308 e. The molecule has 28 heavy (non-hydrogen) atoms. The van der Waals surface area contributed by atoms with E-state index in [-0.39, 0.29) is 17.4 Å². The van der Waals surface area contributed by atoms with Crippen molar-refractivity contribution < 1.29 is 23.9 Å². The van der Waals surface area contributed by atoms with Gasteiger partial charge in [0.05, 0.1) is 7.11 Å². The second kappa shape index (κ2) is 9.36. The van der Waals surface area contributed by atoms with Crippen molar-refractivity contribution in [2.45, 2.75) is 20.8 Å². The van der Waals surface area contributed by atoms with E-state index in [0.717, 1.165) is 5.56 Å². The molecule has 2 amide bonds. The van der Waals surface area contributed by atoms with Crippen LogP contribution >= 0.6 is 0 Å². The Bertz CT molecular complexity index is 934. The summed E-state index contributed by atoms with van der Waals surface area (Å²) in [6, 6.07) is 12.1. The quantitative estimate of drug-likeness (QED) is 0.455. The number of esters is 1. The number of rotatable bonds is 6. The fraction of sp³-hybridized carbons (Fsp3) is 0.190. The number of methoxy groups -OCH3 is 1. The summed E-state index contributed by atoms with van der Waals surface area (Å²) in [7, 11) is 1.44. The van der Waals surface area contributed by atoms with Gasteiger partial charge in [-0.25, -0.2) is 0 Å². The molecule has 0 unspecified atom stereocenters. The molecule has 0 fully saturated rings. The molecular formula is C21H22N2O5. The number of nitrogens with one attached hydrogen (secondary N) is 2. The van der Waals surface area contributed by atoms with Crippen LogP contribution in [-0.2, 0) is 14.4 Å². The van der Waals surface area contributed by atoms with Gasteiger partial charge in [0.2, 0.25) is 5.91 Å². The summed E-state index contributed by atoms with van der Waals surface area (Å²) in [6.07, 6.45) is 1.51. The maximum atomic E-state index is 12.6. The predicted molar refractivity (Wildman–Crippen MR) is 106 cm³/mol. The summed E-state index contributed by atoms with van der Waals surface area (Å²) in [5.74, 6) is -0.737. The Kier molecular flexibility index (Phi) is 6.92. The molecule has 2 aromatic carbocycles. The predicted octanol–water partition coefficient (Wildman–Crippen LogP) is 3.04. The van der Waals surface area contributed by atoms with Crippen molar-refractivity contribution in [2.24, 2.45) is 0 Å². The minimum Gasteiger partial charge on any atom is -0.493 e. The summed E-state index contributed by atoms with van der Waals surface area (Å²) >= 11 is 0. The van der Waals surface area contributed by atoms with Gasteiger partial charge in [0, 0.05) is 19.5 Å². The Morgan fingerprint density at radius 1 is 1.00 bits per heavy atom. The van der Waals surface area contributed by atoms with E-state index in [0.29, 0.717) is 17.0 Å². The smallest absolute Gasteiger partial charge is 0.308 e. The van der Waals surface area contributed by atoms with Gasteiger partial charge in [0.25, 0.3) is 5.91 Å².